The Bertz CT molecular complexity index is 1150. The fourth-order valence-corrected chi connectivity index (χ4v) is 5.93. The minimum atomic E-state index is -0.170. The Labute approximate surface area is 211 Å². The van der Waals surface area contributed by atoms with Crippen LogP contribution in [0.25, 0.3) is 11.7 Å². The molecular weight excluding hydrogens is 464 g/mol. The lowest BCUT2D eigenvalue weighted by atomic mass is 9.95. The van der Waals surface area contributed by atoms with Crippen LogP contribution < -0.4 is 10.9 Å². The highest BCUT2D eigenvalue weighted by Gasteiger charge is 2.32. The van der Waals surface area contributed by atoms with Gasteiger partial charge in [0, 0.05) is 18.8 Å². The molecule has 3 heterocycles. The zero-order valence-corrected chi connectivity index (χ0v) is 21.8. The first-order valence-corrected chi connectivity index (χ1v) is 13.8. The van der Waals surface area contributed by atoms with Gasteiger partial charge in [-0.05, 0) is 43.9 Å². The van der Waals surface area contributed by atoms with Crippen molar-refractivity contribution in [2.24, 2.45) is 0 Å². The van der Waals surface area contributed by atoms with Gasteiger partial charge in [-0.1, -0.05) is 81.9 Å². The summed E-state index contributed by atoms with van der Waals surface area (Å²) in [6.07, 6.45) is 14.8. The molecule has 1 aliphatic carbocycles. The summed E-state index contributed by atoms with van der Waals surface area (Å²) in [5, 5.41) is 3.53. The van der Waals surface area contributed by atoms with Crippen molar-refractivity contribution in [3.05, 3.63) is 44.7 Å². The summed E-state index contributed by atoms with van der Waals surface area (Å²) in [5.74, 6) is 0.452. The van der Waals surface area contributed by atoms with E-state index in [1.165, 1.54) is 50.3 Å². The van der Waals surface area contributed by atoms with Crippen molar-refractivity contribution in [2.75, 3.05) is 11.9 Å². The van der Waals surface area contributed by atoms with Crippen LogP contribution in [0, 0.1) is 6.92 Å². The molecule has 2 aromatic rings. The molecule has 8 heteroatoms. The molecule has 0 radical (unpaired) electrons. The maximum absolute atomic E-state index is 13.5. The molecule has 6 nitrogen and oxygen atoms in total. The number of anilines is 1. The molecule has 0 bridgehead atoms. The van der Waals surface area contributed by atoms with Crippen molar-refractivity contribution in [1.29, 1.82) is 0 Å². The van der Waals surface area contributed by atoms with E-state index in [0.717, 1.165) is 31.2 Å². The Hall–Kier alpha value is -2.19. The van der Waals surface area contributed by atoms with Gasteiger partial charge in [0.15, 0.2) is 0 Å². The molecule has 1 N–H and O–H groups in total. The van der Waals surface area contributed by atoms with Gasteiger partial charge in [0.05, 0.1) is 10.5 Å². The minimum Gasteiger partial charge on any atom is -0.367 e. The average molecular weight is 499 g/mol. The molecule has 182 valence electrons. The Morgan fingerprint density at radius 1 is 1.15 bits per heavy atom. The number of hydrogen-bond donors (Lipinski definition) is 1. The number of thioether (sulfide) groups is 1. The molecule has 2 aromatic heterocycles. The summed E-state index contributed by atoms with van der Waals surface area (Å²) in [6, 6.07) is 4.11. The van der Waals surface area contributed by atoms with E-state index in [4.69, 9.17) is 17.2 Å². The van der Waals surface area contributed by atoms with E-state index in [1.807, 2.05) is 19.1 Å². The third kappa shape index (κ3) is 5.71. The van der Waals surface area contributed by atoms with Crippen molar-refractivity contribution in [2.45, 2.75) is 84.1 Å². The number of aromatic nitrogens is 2. The van der Waals surface area contributed by atoms with Gasteiger partial charge in [-0.2, -0.15) is 0 Å². The second kappa shape index (κ2) is 11.5. The van der Waals surface area contributed by atoms with Crippen LogP contribution in [0.2, 0.25) is 0 Å². The molecule has 1 saturated carbocycles. The van der Waals surface area contributed by atoms with Crippen LogP contribution in [0.15, 0.2) is 28.0 Å². The predicted octanol–water partition coefficient (Wildman–Crippen LogP) is 5.92. The number of carbonyl (C=O) groups excluding carboxylic acids is 1. The number of pyridine rings is 1. The van der Waals surface area contributed by atoms with E-state index in [0.29, 0.717) is 38.8 Å². The van der Waals surface area contributed by atoms with Gasteiger partial charge >= 0.3 is 0 Å². The zero-order chi connectivity index (χ0) is 24.1. The van der Waals surface area contributed by atoms with E-state index in [9.17, 15) is 9.59 Å². The summed E-state index contributed by atoms with van der Waals surface area (Å²) >= 11 is 6.80. The van der Waals surface area contributed by atoms with E-state index in [-0.39, 0.29) is 11.5 Å². The van der Waals surface area contributed by atoms with Crippen LogP contribution >= 0.6 is 24.0 Å². The number of carbonyl (C=O) groups is 1. The molecule has 2 aliphatic rings. The number of fused-ring (bicyclic) bond motifs is 1. The van der Waals surface area contributed by atoms with Crippen molar-refractivity contribution >= 4 is 51.7 Å². The fraction of sp³-hybridized carbons (Fsp3) is 0.538. The number of amides is 1. The highest BCUT2D eigenvalue weighted by molar-refractivity contribution is 8.26. The van der Waals surface area contributed by atoms with E-state index in [2.05, 4.69) is 12.2 Å². The number of unbranched alkanes of at least 4 members (excludes halogenated alkanes) is 4. The van der Waals surface area contributed by atoms with Crippen molar-refractivity contribution in [1.82, 2.24) is 14.3 Å². The quantitative estimate of drug-likeness (QED) is 0.263. The second-order valence-corrected chi connectivity index (χ2v) is 11.0. The maximum atomic E-state index is 13.5. The van der Waals surface area contributed by atoms with E-state index in [1.54, 1.807) is 21.6 Å². The number of aryl methyl sites for hydroxylation is 1. The first-order chi connectivity index (χ1) is 16.5. The Morgan fingerprint density at radius 3 is 2.68 bits per heavy atom. The third-order valence-corrected chi connectivity index (χ3v) is 7.96. The third-order valence-electron chi connectivity index (χ3n) is 6.59. The van der Waals surface area contributed by atoms with Gasteiger partial charge in [0.1, 0.15) is 15.8 Å². The predicted molar refractivity (Wildman–Crippen MR) is 145 cm³/mol. The summed E-state index contributed by atoms with van der Waals surface area (Å²) in [6.45, 7) is 4.77. The fourth-order valence-electron chi connectivity index (χ4n) is 4.64. The topological polar surface area (TPSA) is 66.7 Å². The standard InChI is InChI=1S/C26H34N4O2S2/c1-3-4-5-6-10-15-29-25(32)21(34-26(29)33)16-20-23(27-19-11-8-7-9-12-19)28-22-14-13-18(2)17-30(22)24(20)31/h13-14,16-17,19,27H,3-12,15H2,1-2H3. The Balaban J connectivity index is 1.64. The molecule has 0 spiro atoms. The highest BCUT2D eigenvalue weighted by Crippen LogP contribution is 2.33. The SMILES string of the molecule is CCCCCCCN1C(=O)C(=Cc2c(NC3CCCCC3)nc3ccc(C)cn3c2=O)SC1=S. The molecule has 1 saturated heterocycles. The van der Waals surface area contributed by atoms with E-state index < -0.39 is 0 Å². The molecule has 2 fully saturated rings. The number of rotatable bonds is 9. The van der Waals surface area contributed by atoms with Gasteiger partial charge in [0.25, 0.3) is 11.5 Å². The van der Waals surface area contributed by atoms with E-state index >= 15 is 0 Å². The second-order valence-electron chi connectivity index (χ2n) is 9.34. The summed E-state index contributed by atoms with van der Waals surface area (Å²) in [7, 11) is 0. The first-order valence-electron chi connectivity index (χ1n) is 12.5. The maximum Gasteiger partial charge on any atom is 0.267 e. The molecule has 0 atom stereocenters. The van der Waals surface area contributed by atoms with Crippen LogP contribution in [0.1, 0.15) is 82.3 Å². The molecule has 1 amide bonds. The molecule has 4 rings (SSSR count). The van der Waals surface area contributed by atoms with Gasteiger partial charge in [-0.15, -0.1) is 0 Å². The monoisotopic (exact) mass is 498 g/mol. The molecule has 0 unspecified atom stereocenters. The van der Waals surface area contributed by atoms with Crippen molar-refractivity contribution < 1.29 is 4.79 Å². The zero-order valence-electron chi connectivity index (χ0n) is 20.1. The largest absolute Gasteiger partial charge is 0.367 e. The van der Waals surface area contributed by atoms with Crippen LogP contribution in [0.5, 0.6) is 0 Å². The number of nitrogens with zero attached hydrogens (tertiary/aromatic N) is 3. The number of nitrogens with one attached hydrogen (secondary N) is 1. The lowest BCUT2D eigenvalue weighted by Gasteiger charge is -2.24. The minimum absolute atomic E-state index is 0.108. The van der Waals surface area contributed by atoms with Crippen LogP contribution in [-0.2, 0) is 4.79 Å². The average Bonchev–Trinajstić information content (AvgIpc) is 3.10. The van der Waals surface area contributed by atoms with Crippen LogP contribution in [0.4, 0.5) is 5.82 Å². The summed E-state index contributed by atoms with van der Waals surface area (Å²) in [5.41, 5.74) is 1.84. The normalized spacial score (nSPS) is 18.4. The number of thiocarbonyl (C=S) groups is 1. The smallest absolute Gasteiger partial charge is 0.267 e. The van der Waals surface area contributed by atoms with Gasteiger partial charge in [-0.3, -0.25) is 18.9 Å². The first kappa shape index (κ1) is 24.9. The molecule has 0 aromatic carbocycles. The highest BCUT2D eigenvalue weighted by atomic mass is 32.2. The molecule has 34 heavy (non-hydrogen) atoms. The lowest BCUT2D eigenvalue weighted by Crippen LogP contribution is -2.29. The van der Waals surface area contributed by atoms with Crippen molar-refractivity contribution in [3.63, 3.8) is 0 Å². The molecular formula is C26H34N4O2S2. The van der Waals surface area contributed by atoms with Crippen molar-refractivity contribution in [3.8, 4) is 0 Å². The lowest BCUT2D eigenvalue weighted by molar-refractivity contribution is -0.122. The van der Waals surface area contributed by atoms with Gasteiger partial charge < -0.3 is 5.32 Å². The van der Waals surface area contributed by atoms with Gasteiger partial charge in [0.2, 0.25) is 0 Å². The van der Waals surface area contributed by atoms with Crippen LogP contribution in [0.3, 0.4) is 0 Å². The Kier molecular flexibility index (Phi) is 8.42. The van der Waals surface area contributed by atoms with Crippen LogP contribution in [-0.4, -0.2) is 37.1 Å². The summed E-state index contributed by atoms with van der Waals surface area (Å²) < 4.78 is 2.14. The number of hydrogen-bond acceptors (Lipinski definition) is 6. The van der Waals surface area contributed by atoms with Gasteiger partial charge in [-0.25, -0.2) is 4.98 Å². The Morgan fingerprint density at radius 2 is 1.91 bits per heavy atom. The molecule has 1 aliphatic heterocycles. The summed E-state index contributed by atoms with van der Waals surface area (Å²) in [4.78, 5) is 33.7.